The fourth-order valence-corrected chi connectivity index (χ4v) is 3.18. The van der Waals surface area contributed by atoms with Crippen molar-refractivity contribution >= 4 is 11.6 Å². The van der Waals surface area contributed by atoms with Gasteiger partial charge < -0.3 is 9.80 Å². The number of carbonyl (C=O) groups is 1. The minimum atomic E-state index is -0.459. The third kappa shape index (κ3) is 5.60. The molecule has 1 heterocycles. The second-order valence-corrected chi connectivity index (χ2v) is 7.38. The summed E-state index contributed by atoms with van der Waals surface area (Å²) in [6.45, 7) is 14.0. The van der Waals surface area contributed by atoms with Gasteiger partial charge in [0.05, 0.1) is 16.3 Å². The van der Waals surface area contributed by atoms with E-state index in [1.165, 1.54) is 16.8 Å². The summed E-state index contributed by atoms with van der Waals surface area (Å²) in [6, 6.07) is 6.13. The van der Waals surface area contributed by atoms with Crippen LogP contribution < -0.4 is 0 Å². The molecule has 0 fully saturated rings. The van der Waals surface area contributed by atoms with Gasteiger partial charge in [-0.3, -0.25) is 14.9 Å². The average Bonchev–Trinajstić information content (AvgIpc) is 3.08. The van der Waals surface area contributed by atoms with Crippen LogP contribution in [-0.4, -0.2) is 68.3 Å². The third-order valence-electron chi connectivity index (χ3n) is 4.84. The van der Waals surface area contributed by atoms with Gasteiger partial charge in [-0.25, -0.2) is 4.68 Å². The van der Waals surface area contributed by atoms with Crippen molar-refractivity contribution in [3.8, 4) is 5.69 Å². The minimum Gasteiger partial charge on any atom is -0.336 e. The van der Waals surface area contributed by atoms with E-state index in [1.54, 1.807) is 19.1 Å². The Balaban J connectivity index is 2.28. The summed E-state index contributed by atoms with van der Waals surface area (Å²) in [7, 11) is 0. The summed E-state index contributed by atoms with van der Waals surface area (Å²) >= 11 is 0. The molecule has 0 unspecified atom stereocenters. The van der Waals surface area contributed by atoms with Crippen molar-refractivity contribution in [2.75, 3.05) is 32.7 Å². The first-order chi connectivity index (χ1) is 13.8. The van der Waals surface area contributed by atoms with Crippen molar-refractivity contribution in [3.05, 3.63) is 45.8 Å². The highest BCUT2D eigenvalue weighted by atomic mass is 16.6. The molecule has 0 saturated heterocycles. The molecule has 0 bridgehead atoms. The van der Waals surface area contributed by atoms with Crippen LogP contribution in [0.5, 0.6) is 0 Å². The summed E-state index contributed by atoms with van der Waals surface area (Å²) in [4.78, 5) is 27.9. The standard InChI is InChI=1S/C20H30N6O3/c1-6-23(7-2)11-12-24(14-15(3)4)20(27)19-16(5)25(22-21-19)17-9-8-10-18(13-17)26(28)29/h8-10,13,15H,6-7,11-12,14H2,1-5H3. The number of nitro benzene ring substituents is 1. The molecule has 2 rings (SSSR count). The van der Waals surface area contributed by atoms with E-state index in [1.807, 2.05) is 4.90 Å². The number of amides is 1. The largest absolute Gasteiger partial charge is 0.336 e. The maximum atomic E-state index is 13.2. The number of carbonyl (C=O) groups excluding carboxylic acids is 1. The van der Waals surface area contributed by atoms with Gasteiger partial charge in [-0.1, -0.05) is 39.0 Å². The van der Waals surface area contributed by atoms with Crippen molar-refractivity contribution in [2.24, 2.45) is 5.92 Å². The van der Waals surface area contributed by atoms with Crippen LogP contribution in [0.2, 0.25) is 0 Å². The van der Waals surface area contributed by atoms with Gasteiger partial charge in [0.25, 0.3) is 11.6 Å². The molecule has 0 aliphatic rings. The van der Waals surface area contributed by atoms with Crippen LogP contribution in [0.4, 0.5) is 5.69 Å². The fourth-order valence-electron chi connectivity index (χ4n) is 3.18. The molecule has 1 aromatic heterocycles. The van der Waals surface area contributed by atoms with E-state index in [-0.39, 0.29) is 17.3 Å². The smallest absolute Gasteiger partial charge is 0.276 e. The van der Waals surface area contributed by atoms with Crippen LogP contribution in [0, 0.1) is 23.0 Å². The number of nitrogens with zero attached hydrogens (tertiary/aromatic N) is 6. The molecule has 0 saturated carbocycles. The molecule has 0 aliphatic heterocycles. The van der Waals surface area contributed by atoms with Gasteiger partial charge in [0, 0.05) is 31.8 Å². The van der Waals surface area contributed by atoms with E-state index in [4.69, 9.17) is 0 Å². The molecule has 0 atom stereocenters. The normalized spacial score (nSPS) is 11.3. The molecular formula is C20H30N6O3. The first-order valence-corrected chi connectivity index (χ1v) is 9.97. The zero-order chi connectivity index (χ0) is 21.6. The molecule has 1 amide bonds. The highest BCUT2D eigenvalue weighted by Crippen LogP contribution is 2.19. The van der Waals surface area contributed by atoms with Crippen LogP contribution in [0.15, 0.2) is 24.3 Å². The Morgan fingerprint density at radius 2 is 1.93 bits per heavy atom. The number of non-ortho nitro benzene ring substituents is 1. The topological polar surface area (TPSA) is 97.4 Å². The number of aromatic nitrogens is 3. The van der Waals surface area contributed by atoms with Crippen molar-refractivity contribution in [1.29, 1.82) is 0 Å². The van der Waals surface area contributed by atoms with Gasteiger partial charge in [0.2, 0.25) is 0 Å². The number of hydrogen-bond donors (Lipinski definition) is 0. The highest BCUT2D eigenvalue weighted by molar-refractivity contribution is 5.93. The molecular weight excluding hydrogens is 372 g/mol. The second kappa shape index (κ2) is 10.1. The van der Waals surface area contributed by atoms with E-state index < -0.39 is 4.92 Å². The van der Waals surface area contributed by atoms with Crippen LogP contribution in [0.1, 0.15) is 43.9 Å². The SMILES string of the molecule is CCN(CC)CCN(CC(C)C)C(=O)c1nnn(-c2cccc([N+](=O)[O-])c2)c1C. The third-order valence-corrected chi connectivity index (χ3v) is 4.84. The van der Waals surface area contributed by atoms with E-state index >= 15 is 0 Å². The lowest BCUT2D eigenvalue weighted by atomic mass is 10.2. The second-order valence-electron chi connectivity index (χ2n) is 7.38. The van der Waals surface area contributed by atoms with Crippen LogP contribution in [0.3, 0.4) is 0 Å². The summed E-state index contributed by atoms with van der Waals surface area (Å²) in [5.41, 5.74) is 1.30. The van der Waals surface area contributed by atoms with Crippen LogP contribution in [0.25, 0.3) is 5.69 Å². The molecule has 0 radical (unpaired) electrons. The lowest BCUT2D eigenvalue weighted by Crippen LogP contribution is -2.41. The first kappa shape index (κ1) is 22.5. The Labute approximate surface area is 171 Å². The van der Waals surface area contributed by atoms with Crippen molar-refractivity contribution < 1.29 is 9.72 Å². The molecule has 158 valence electrons. The summed E-state index contributed by atoms with van der Waals surface area (Å²) in [5, 5.41) is 19.2. The monoisotopic (exact) mass is 402 g/mol. The predicted molar refractivity (Wildman–Crippen MR) is 111 cm³/mol. The summed E-state index contributed by atoms with van der Waals surface area (Å²) < 4.78 is 1.47. The van der Waals surface area contributed by atoms with Gasteiger partial charge in [0.1, 0.15) is 0 Å². The Hall–Kier alpha value is -2.81. The average molecular weight is 402 g/mol. The van der Waals surface area contributed by atoms with Crippen molar-refractivity contribution in [1.82, 2.24) is 24.8 Å². The highest BCUT2D eigenvalue weighted by Gasteiger charge is 2.24. The van der Waals surface area contributed by atoms with Crippen molar-refractivity contribution in [3.63, 3.8) is 0 Å². The van der Waals surface area contributed by atoms with Gasteiger partial charge in [-0.05, 0) is 32.0 Å². The number of hydrogen-bond acceptors (Lipinski definition) is 6. The summed E-state index contributed by atoms with van der Waals surface area (Å²) in [5.74, 6) is 0.155. The zero-order valence-corrected chi connectivity index (χ0v) is 17.8. The Morgan fingerprint density at radius 1 is 1.24 bits per heavy atom. The van der Waals surface area contributed by atoms with E-state index in [9.17, 15) is 14.9 Å². The molecule has 0 aliphatic carbocycles. The van der Waals surface area contributed by atoms with E-state index in [0.29, 0.717) is 30.4 Å². The van der Waals surface area contributed by atoms with Crippen LogP contribution >= 0.6 is 0 Å². The maximum absolute atomic E-state index is 13.2. The lowest BCUT2D eigenvalue weighted by molar-refractivity contribution is -0.384. The summed E-state index contributed by atoms with van der Waals surface area (Å²) in [6.07, 6.45) is 0. The minimum absolute atomic E-state index is 0.0362. The Kier molecular flexibility index (Phi) is 7.83. The molecule has 0 N–H and O–H groups in total. The molecule has 29 heavy (non-hydrogen) atoms. The first-order valence-electron chi connectivity index (χ1n) is 9.97. The Bertz CT molecular complexity index is 844. The van der Waals surface area contributed by atoms with Crippen LogP contribution in [-0.2, 0) is 0 Å². The van der Waals surface area contributed by atoms with Gasteiger partial charge in [-0.15, -0.1) is 5.10 Å². The van der Waals surface area contributed by atoms with E-state index in [2.05, 4.69) is 42.9 Å². The number of nitro groups is 1. The quantitative estimate of drug-likeness (QED) is 0.448. The van der Waals surface area contributed by atoms with Gasteiger partial charge >= 0.3 is 0 Å². The van der Waals surface area contributed by atoms with Gasteiger partial charge in [-0.2, -0.15) is 0 Å². The fraction of sp³-hybridized carbons (Fsp3) is 0.550. The molecule has 2 aromatic rings. The molecule has 0 spiro atoms. The maximum Gasteiger partial charge on any atom is 0.276 e. The van der Waals surface area contributed by atoms with Gasteiger partial charge in [0.15, 0.2) is 5.69 Å². The molecule has 9 nitrogen and oxygen atoms in total. The van der Waals surface area contributed by atoms with E-state index in [0.717, 1.165) is 19.6 Å². The molecule has 9 heteroatoms. The number of rotatable bonds is 10. The molecule has 1 aromatic carbocycles. The number of likely N-dealkylation sites (N-methyl/N-ethyl adjacent to an activating group) is 1. The lowest BCUT2D eigenvalue weighted by Gasteiger charge is -2.27. The Morgan fingerprint density at radius 3 is 2.52 bits per heavy atom. The zero-order valence-electron chi connectivity index (χ0n) is 17.8. The predicted octanol–water partition coefficient (Wildman–Crippen LogP) is 2.92. The number of benzene rings is 1. The van der Waals surface area contributed by atoms with Crippen molar-refractivity contribution in [2.45, 2.75) is 34.6 Å².